The second kappa shape index (κ2) is 12.6. The lowest BCUT2D eigenvalue weighted by Crippen LogP contribution is -2.43. The molecule has 7 heterocycles. The molecule has 18 heteroatoms. The summed E-state index contributed by atoms with van der Waals surface area (Å²) >= 11 is 14.8. The van der Waals surface area contributed by atoms with Gasteiger partial charge in [0, 0.05) is 63.5 Å². The van der Waals surface area contributed by atoms with Crippen molar-refractivity contribution in [2.45, 2.75) is 26.2 Å². The highest BCUT2D eigenvalue weighted by Crippen LogP contribution is 2.85. The lowest BCUT2D eigenvalue weighted by molar-refractivity contribution is 0.0568. The number of ether oxygens (including phenoxy) is 2. The first-order valence-electron chi connectivity index (χ1n) is 16.1. The molecule has 3 aromatic rings. The maximum absolute atomic E-state index is 7.41. The minimum atomic E-state index is -3.51. The molecule has 0 aliphatic carbocycles. The molecule has 7 aliphatic heterocycles. The zero-order valence-corrected chi connectivity index (χ0v) is 31.3. The molecule has 2 atom stereocenters. The van der Waals surface area contributed by atoms with E-state index in [1.807, 2.05) is 36.4 Å². The molecule has 0 saturated carbocycles. The van der Waals surface area contributed by atoms with Crippen LogP contribution in [0.4, 0.5) is 0 Å². The molecule has 4 bridgehead atoms. The van der Waals surface area contributed by atoms with Crippen LogP contribution in [0.1, 0.15) is 22.3 Å². The van der Waals surface area contributed by atoms with Crippen LogP contribution >= 0.6 is 51.1 Å². The van der Waals surface area contributed by atoms with Gasteiger partial charge < -0.3 is 18.5 Å². The Balaban J connectivity index is 1.42. The predicted octanol–water partition coefficient (Wildman–Crippen LogP) is 9.43. The Morgan fingerprint density at radius 3 is 1.56 bits per heavy atom. The van der Waals surface area contributed by atoms with E-state index in [0.29, 0.717) is 78.8 Å². The fourth-order valence-electron chi connectivity index (χ4n) is 6.96. The maximum atomic E-state index is 7.41. The van der Waals surface area contributed by atoms with Crippen LogP contribution in [0.2, 0.25) is 0 Å². The van der Waals surface area contributed by atoms with E-state index in [2.05, 4.69) is 55.1 Å². The number of benzene rings is 3. The smallest absolute Gasteiger partial charge is 0.334 e. The highest BCUT2D eigenvalue weighted by molar-refractivity contribution is 8.12. The van der Waals surface area contributed by atoms with E-state index < -0.39 is 28.6 Å². The average molecular weight is 767 g/mol. The van der Waals surface area contributed by atoms with Gasteiger partial charge in [-0.3, -0.25) is 0 Å². The molecule has 2 spiro atoms. The van der Waals surface area contributed by atoms with Crippen LogP contribution in [0.3, 0.4) is 0 Å². The van der Waals surface area contributed by atoms with E-state index in [-0.39, 0.29) is 0 Å². The van der Waals surface area contributed by atoms with E-state index >= 15 is 0 Å². The summed E-state index contributed by atoms with van der Waals surface area (Å²) in [6, 6.07) is 24.9. The summed E-state index contributed by atoms with van der Waals surface area (Å²) in [5, 5.41) is 0. The van der Waals surface area contributed by atoms with Gasteiger partial charge in [0.1, 0.15) is 11.5 Å². The van der Waals surface area contributed by atoms with E-state index in [1.54, 1.807) is 0 Å². The third-order valence-corrected chi connectivity index (χ3v) is 24.3. The zero-order chi connectivity index (χ0) is 32.4. The number of morpholine rings is 2. The second-order valence-corrected chi connectivity index (χ2v) is 25.2. The highest BCUT2D eigenvalue weighted by atomic mass is 35.9. The van der Waals surface area contributed by atoms with Crippen molar-refractivity contribution in [1.82, 2.24) is 18.7 Å². The Morgan fingerprint density at radius 2 is 1.02 bits per heavy atom. The molecule has 48 heavy (non-hydrogen) atoms. The Morgan fingerprint density at radius 1 is 0.521 bits per heavy atom. The number of rotatable bonds is 2. The topological polar surface area (TPSA) is 99.3 Å². The molecule has 3 aromatic carbocycles. The molecule has 12 nitrogen and oxygen atoms in total. The molecular weight excluding hydrogens is 731 g/mol. The van der Waals surface area contributed by atoms with Gasteiger partial charge >= 0.3 is 15.2 Å². The fourth-order valence-corrected chi connectivity index (χ4v) is 25.2. The Hall–Kier alpha value is -1.48. The van der Waals surface area contributed by atoms with Crippen LogP contribution in [0, 0.1) is 0 Å². The largest absolute Gasteiger partial charge is 0.430 e. The number of hydrogen-bond donors (Lipinski definition) is 0. The maximum Gasteiger partial charge on any atom is 0.334 e. The Bertz CT molecular complexity index is 1900. The molecule has 0 N–H and O–H groups in total. The summed E-state index contributed by atoms with van der Waals surface area (Å²) in [7, 11) is -9.83. The molecule has 0 radical (unpaired) electrons. The van der Waals surface area contributed by atoms with Gasteiger partial charge in [-0.2, -0.15) is 18.1 Å². The normalized spacial score (nSPS) is 29.9. The molecule has 0 amide bonds. The third kappa shape index (κ3) is 5.81. The van der Waals surface area contributed by atoms with Crippen molar-refractivity contribution in [1.29, 1.82) is 0 Å². The SMILES string of the molecule is ClP1(Cl)=NP23=NP(N4CCOCC4)(N4CCOCC4)=NP4(=N1)Oc1ccccc1CN4Cc1cccc(c1)CN2Cc1ccccc1O3. The number of nitrogens with zero attached hydrogens (tertiary/aromatic N) is 8. The molecule has 2 fully saturated rings. The van der Waals surface area contributed by atoms with Crippen molar-refractivity contribution in [3.63, 3.8) is 0 Å². The Kier molecular flexibility index (Phi) is 8.53. The summed E-state index contributed by atoms with van der Waals surface area (Å²) in [4.78, 5) is 0. The first kappa shape index (κ1) is 32.4. The third-order valence-electron chi connectivity index (χ3n) is 9.21. The van der Waals surface area contributed by atoms with E-state index in [4.69, 9.17) is 59.1 Å². The standard InChI is InChI=1S/C30H36Cl2N8O4P4/c31-45(32)33-47-35-46(37-12-16-41-17-13-37,38-14-18-42-19-15-38)36-48(34-45)40(24-28-9-2-4-11-30(28)44-48)22-26-7-5-6-25(20-26)21-39(47)23-27-8-1-3-10-29(27)43-47/h1-11,20H,12-19,21-24H2. The van der Waals surface area contributed by atoms with Gasteiger partial charge in [-0.1, -0.05) is 60.7 Å². The summed E-state index contributed by atoms with van der Waals surface area (Å²) in [6.45, 7) is 7.06. The van der Waals surface area contributed by atoms with Gasteiger partial charge in [0.15, 0.2) is 0 Å². The highest BCUT2D eigenvalue weighted by Gasteiger charge is 2.51. The monoisotopic (exact) mass is 766 g/mol. The van der Waals surface area contributed by atoms with Gasteiger partial charge in [0.25, 0.3) is 5.91 Å². The van der Waals surface area contributed by atoms with Crippen LogP contribution in [-0.2, 0) is 35.7 Å². The summed E-state index contributed by atoms with van der Waals surface area (Å²) < 4.78 is 58.2. The quantitative estimate of drug-likeness (QED) is 0.238. The first-order chi connectivity index (χ1) is 23.3. The molecule has 10 rings (SSSR count). The molecule has 2 saturated heterocycles. The van der Waals surface area contributed by atoms with Gasteiger partial charge in [0.2, 0.25) is 7.51 Å². The van der Waals surface area contributed by atoms with Crippen LogP contribution in [0.15, 0.2) is 90.9 Å². The van der Waals surface area contributed by atoms with Crippen molar-refractivity contribution >= 4 is 51.1 Å². The first-order valence-corrected chi connectivity index (χ1v) is 24.3. The number of fused-ring (bicyclic) bond motifs is 4. The zero-order valence-electron chi connectivity index (χ0n) is 26.2. The molecule has 0 aromatic heterocycles. The van der Waals surface area contributed by atoms with Crippen molar-refractivity contribution in [3.05, 3.63) is 95.1 Å². The number of hydrogen-bond acceptors (Lipinski definition) is 12. The lowest BCUT2D eigenvalue weighted by Gasteiger charge is -2.49. The summed E-state index contributed by atoms with van der Waals surface area (Å²) in [5.74, 6) is -2.03. The van der Waals surface area contributed by atoms with Crippen LogP contribution < -0.4 is 9.05 Å². The van der Waals surface area contributed by atoms with Crippen molar-refractivity contribution in [3.8, 4) is 11.5 Å². The molecule has 7 aliphatic rings. The summed E-state index contributed by atoms with van der Waals surface area (Å²) in [5.41, 5.74) is 4.39. The van der Waals surface area contributed by atoms with Gasteiger partial charge in [0.05, 0.1) is 26.4 Å². The van der Waals surface area contributed by atoms with Gasteiger partial charge in [-0.25, -0.2) is 18.7 Å². The Labute approximate surface area is 290 Å². The summed E-state index contributed by atoms with van der Waals surface area (Å²) in [6.07, 6.45) is 0. The second-order valence-electron chi connectivity index (χ2n) is 12.4. The fraction of sp³-hybridized carbons (Fsp3) is 0.400. The molecular formula is C30H36Cl2N8O4P4. The molecule has 2 unspecified atom stereocenters. The van der Waals surface area contributed by atoms with E-state index in [1.165, 1.54) is 0 Å². The van der Waals surface area contributed by atoms with E-state index in [0.717, 1.165) is 33.8 Å². The van der Waals surface area contributed by atoms with Crippen LogP contribution in [0.5, 0.6) is 11.5 Å². The van der Waals surface area contributed by atoms with Crippen molar-refractivity contribution < 1.29 is 18.5 Å². The van der Waals surface area contributed by atoms with Crippen LogP contribution in [0.25, 0.3) is 0 Å². The van der Waals surface area contributed by atoms with Crippen LogP contribution in [-0.4, -0.2) is 71.3 Å². The molecule has 254 valence electrons. The van der Waals surface area contributed by atoms with Crippen molar-refractivity contribution in [2.24, 2.45) is 18.1 Å². The minimum Gasteiger partial charge on any atom is -0.430 e. The number of para-hydroxylation sites is 2. The average Bonchev–Trinajstić information content (AvgIpc) is 3.08. The lowest BCUT2D eigenvalue weighted by atomic mass is 10.1. The predicted molar refractivity (Wildman–Crippen MR) is 193 cm³/mol. The van der Waals surface area contributed by atoms with Gasteiger partial charge in [-0.15, -0.1) is 0 Å². The van der Waals surface area contributed by atoms with E-state index in [9.17, 15) is 0 Å². The minimum absolute atomic E-state index is 0.544. The van der Waals surface area contributed by atoms with Gasteiger partial charge in [-0.05, 0) is 45.7 Å². The number of halogens is 2. The van der Waals surface area contributed by atoms with Crippen molar-refractivity contribution in [2.75, 3.05) is 52.6 Å².